The van der Waals surface area contributed by atoms with Crippen LogP contribution in [0.1, 0.15) is 43.3 Å². The molecule has 11 heteroatoms. The lowest BCUT2D eigenvalue weighted by Gasteiger charge is -2.11. The third-order valence-corrected chi connectivity index (χ3v) is 7.22. The van der Waals surface area contributed by atoms with Crippen LogP contribution >= 0.6 is 22.7 Å². The number of nitro benzene ring substituents is 1. The lowest BCUT2D eigenvalue weighted by Crippen LogP contribution is -2.22. The van der Waals surface area contributed by atoms with E-state index in [-0.39, 0.29) is 10.6 Å². The monoisotopic (exact) mass is 459 g/mol. The summed E-state index contributed by atoms with van der Waals surface area (Å²) in [6.45, 7) is -0.534. The fourth-order valence-corrected chi connectivity index (χ4v) is 5.77. The minimum absolute atomic E-state index is 0.0755. The summed E-state index contributed by atoms with van der Waals surface area (Å²) in [6, 6.07) is 5.79. The van der Waals surface area contributed by atoms with Crippen LogP contribution in [0.2, 0.25) is 0 Å². The number of non-ortho nitro benzene ring substituents is 1. The molecule has 0 unspecified atom stereocenters. The number of primary amides is 1. The zero-order valence-electron chi connectivity index (χ0n) is 16.1. The smallest absolute Gasteiger partial charge is 0.348 e. The van der Waals surface area contributed by atoms with Crippen LogP contribution in [0.15, 0.2) is 24.3 Å². The van der Waals surface area contributed by atoms with Crippen molar-refractivity contribution < 1.29 is 24.0 Å². The number of carbonyl (C=O) groups is 3. The van der Waals surface area contributed by atoms with E-state index in [9.17, 15) is 24.5 Å². The van der Waals surface area contributed by atoms with Gasteiger partial charge in [-0.05, 0) is 43.4 Å². The minimum Gasteiger partial charge on any atom is -0.451 e. The number of aryl methyl sites for hydroxylation is 1. The number of nitro groups is 1. The molecule has 1 aliphatic rings. The van der Waals surface area contributed by atoms with Crippen LogP contribution in [-0.4, -0.2) is 29.3 Å². The van der Waals surface area contributed by atoms with Gasteiger partial charge in [0.15, 0.2) is 6.61 Å². The van der Waals surface area contributed by atoms with E-state index >= 15 is 0 Å². The summed E-state index contributed by atoms with van der Waals surface area (Å²) in [7, 11) is 0. The van der Waals surface area contributed by atoms with Gasteiger partial charge >= 0.3 is 5.97 Å². The lowest BCUT2D eigenvalue weighted by molar-refractivity contribution is -0.384. The molecule has 4 rings (SSSR count). The standard InChI is InChI=1S/C20H17N3O6S2/c21-18(25)17-12-3-1-2-4-14(12)31-19(17)22-16(24)9-29-20(26)15-8-10-7-11(23(27)28)5-6-13(10)30-15/h5-8H,1-4,9H2,(H2,21,25)(H,22,24). The molecule has 0 saturated heterocycles. The van der Waals surface area contributed by atoms with Crippen LogP contribution in [0.3, 0.4) is 0 Å². The second kappa shape index (κ2) is 8.44. The first-order chi connectivity index (χ1) is 14.8. The van der Waals surface area contributed by atoms with Gasteiger partial charge < -0.3 is 15.8 Å². The second-order valence-electron chi connectivity index (χ2n) is 6.99. The van der Waals surface area contributed by atoms with Crippen molar-refractivity contribution in [1.29, 1.82) is 0 Å². The largest absolute Gasteiger partial charge is 0.451 e. The van der Waals surface area contributed by atoms with Crippen molar-refractivity contribution in [2.45, 2.75) is 25.7 Å². The number of benzene rings is 1. The van der Waals surface area contributed by atoms with Gasteiger partial charge in [-0.25, -0.2) is 4.79 Å². The highest BCUT2D eigenvalue weighted by atomic mass is 32.1. The fraction of sp³-hybridized carbons (Fsp3) is 0.250. The maximum Gasteiger partial charge on any atom is 0.348 e. The first-order valence-electron chi connectivity index (χ1n) is 9.43. The highest BCUT2D eigenvalue weighted by Crippen LogP contribution is 2.38. The van der Waals surface area contributed by atoms with E-state index in [4.69, 9.17) is 10.5 Å². The van der Waals surface area contributed by atoms with Crippen molar-refractivity contribution in [3.8, 4) is 0 Å². The van der Waals surface area contributed by atoms with Crippen LogP contribution in [0.25, 0.3) is 10.1 Å². The number of thiophene rings is 2. The molecule has 160 valence electrons. The molecule has 3 aromatic rings. The number of hydrogen-bond acceptors (Lipinski definition) is 8. The normalized spacial score (nSPS) is 12.9. The first-order valence-corrected chi connectivity index (χ1v) is 11.1. The van der Waals surface area contributed by atoms with E-state index < -0.39 is 29.3 Å². The number of amides is 2. The Bertz CT molecular complexity index is 1230. The van der Waals surface area contributed by atoms with Crippen LogP contribution in [0.5, 0.6) is 0 Å². The van der Waals surface area contributed by atoms with Gasteiger partial charge in [-0.3, -0.25) is 19.7 Å². The predicted octanol–water partition coefficient (Wildman–Crippen LogP) is 3.64. The second-order valence-corrected chi connectivity index (χ2v) is 9.18. The summed E-state index contributed by atoms with van der Waals surface area (Å²) in [5.74, 6) is -1.88. The SMILES string of the molecule is NC(=O)c1c(NC(=O)COC(=O)c2cc3cc([N+](=O)[O-])ccc3s2)sc2c1CCCC2. The predicted molar refractivity (Wildman–Crippen MR) is 117 cm³/mol. The first kappa shape index (κ1) is 20.9. The van der Waals surface area contributed by atoms with E-state index in [1.807, 2.05) is 0 Å². The molecule has 0 saturated carbocycles. The number of esters is 1. The average molecular weight is 460 g/mol. The van der Waals surface area contributed by atoms with Crippen molar-refractivity contribution in [2.75, 3.05) is 11.9 Å². The Kier molecular flexibility index (Phi) is 5.70. The molecule has 1 aromatic carbocycles. The molecule has 0 spiro atoms. The summed E-state index contributed by atoms with van der Waals surface area (Å²) in [5.41, 5.74) is 6.67. The van der Waals surface area contributed by atoms with Crippen LogP contribution in [-0.2, 0) is 22.4 Å². The zero-order chi connectivity index (χ0) is 22.1. The molecule has 0 bridgehead atoms. The molecule has 2 aromatic heterocycles. The van der Waals surface area contributed by atoms with Gasteiger partial charge in [0, 0.05) is 27.1 Å². The molecule has 2 amide bonds. The van der Waals surface area contributed by atoms with Crippen molar-refractivity contribution in [3.63, 3.8) is 0 Å². The third-order valence-electron chi connectivity index (χ3n) is 4.92. The molecule has 0 radical (unpaired) electrons. The van der Waals surface area contributed by atoms with Crippen molar-refractivity contribution in [3.05, 3.63) is 55.3 Å². The third kappa shape index (κ3) is 4.28. The maximum atomic E-state index is 12.3. The summed E-state index contributed by atoms with van der Waals surface area (Å²) in [4.78, 5) is 48.2. The van der Waals surface area contributed by atoms with Gasteiger partial charge in [0.25, 0.3) is 17.5 Å². The van der Waals surface area contributed by atoms with Crippen LogP contribution in [0.4, 0.5) is 10.7 Å². The number of carbonyl (C=O) groups excluding carboxylic acids is 3. The van der Waals surface area contributed by atoms with Crippen molar-refractivity contribution >= 4 is 61.2 Å². The highest BCUT2D eigenvalue weighted by Gasteiger charge is 2.25. The topological polar surface area (TPSA) is 142 Å². The Morgan fingerprint density at radius 2 is 1.94 bits per heavy atom. The quantitative estimate of drug-likeness (QED) is 0.327. The Balaban J connectivity index is 1.43. The Labute approximate surface area is 184 Å². The summed E-state index contributed by atoms with van der Waals surface area (Å²) in [6.07, 6.45) is 3.58. The Hall–Kier alpha value is -3.31. The number of nitrogens with one attached hydrogen (secondary N) is 1. The van der Waals surface area contributed by atoms with Gasteiger partial charge in [0.2, 0.25) is 0 Å². The lowest BCUT2D eigenvalue weighted by atomic mass is 9.95. The van der Waals surface area contributed by atoms with E-state index in [1.165, 1.54) is 29.5 Å². The summed E-state index contributed by atoms with van der Waals surface area (Å²) < 4.78 is 5.78. The Morgan fingerprint density at radius 3 is 2.68 bits per heavy atom. The van der Waals surface area contributed by atoms with Crippen LogP contribution < -0.4 is 11.1 Å². The minimum atomic E-state index is -0.709. The van der Waals surface area contributed by atoms with Crippen molar-refractivity contribution in [1.82, 2.24) is 0 Å². The molecule has 3 N–H and O–H groups in total. The number of ether oxygens (including phenoxy) is 1. The summed E-state index contributed by atoms with van der Waals surface area (Å²) >= 11 is 2.45. The summed E-state index contributed by atoms with van der Waals surface area (Å²) in [5, 5.41) is 14.5. The van der Waals surface area contributed by atoms with Gasteiger partial charge in [-0.2, -0.15) is 0 Å². The number of rotatable bonds is 6. The molecule has 9 nitrogen and oxygen atoms in total. The number of nitrogens with two attached hydrogens (primary N) is 1. The van der Waals surface area contributed by atoms with E-state index in [2.05, 4.69) is 5.32 Å². The van der Waals surface area contributed by atoms with Gasteiger partial charge in [0.05, 0.1) is 10.5 Å². The van der Waals surface area contributed by atoms with Crippen LogP contribution in [0, 0.1) is 10.1 Å². The Morgan fingerprint density at radius 1 is 1.16 bits per heavy atom. The van der Waals surface area contributed by atoms with E-state index in [0.717, 1.165) is 47.5 Å². The molecule has 0 fully saturated rings. The number of nitrogens with zero attached hydrogens (tertiary/aromatic N) is 1. The van der Waals surface area contributed by atoms with Crippen molar-refractivity contribution in [2.24, 2.45) is 5.73 Å². The molecule has 2 heterocycles. The van der Waals surface area contributed by atoms with Gasteiger partial charge in [-0.15, -0.1) is 22.7 Å². The molecule has 31 heavy (non-hydrogen) atoms. The fourth-order valence-electron chi connectivity index (χ4n) is 3.52. The number of anilines is 1. The van der Waals surface area contributed by atoms with Gasteiger partial charge in [-0.1, -0.05) is 0 Å². The molecular weight excluding hydrogens is 442 g/mol. The molecule has 1 aliphatic carbocycles. The molecule has 0 atom stereocenters. The molecule has 0 aliphatic heterocycles. The molecular formula is C20H17N3O6S2. The zero-order valence-corrected chi connectivity index (χ0v) is 17.8. The maximum absolute atomic E-state index is 12.3. The van der Waals surface area contributed by atoms with E-state index in [1.54, 1.807) is 6.07 Å². The average Bonchev–Trinajstić information content (AvgIpc) is 3.32. The number of fused-ring (bicyclic) bond motifs is 2. The van der Waals surface area contributed by atoms with E-state index in [0.29, 0.717) is 20.7 Å². The van der Waals surface area contributed by atoms with Gasteiger partial charge in [0.1, 0.15) is 9.88 Å². The highest BCUT2D eigenvalue weighted by molar-refractivity contribution is 7.20. The number of hydrogen-bond donors (Lipinski definition) is 2.